The van der Waals surface area contributed by atoms with Crippen LogP contribution in [0.4, 0.5) is 16.4 Å². The minimum Gasteiger partial charge on any atom is -0.502 e. The average Bonchev–Trinajstić information content (AvgIpc) is 2.99. The van der Waals surface area contributed by atoms with Crippen LogP contribution >= 0.6 is 11.3 Å². The van der Waals surface area contributed by atoms with Gasteiger partial charge in [-0.3, -0.25) is 35.1 Å². The highest BCUT2D eigenvalue weighted by Gasteiger charge is 2.43. The van der Waals surface area contributed by atoms with Gasteiger partial charge in [-0.2, -0.15) is 0 Å². The molecule has 11 nitrogen and oxygen atoms in total. The lowest BCUT2D eigenvalue weighted by molar-refractivity contribution is -0.394. The zero-order valence-electron chi connectivity index (χ0n) is 10.7. The van der Waals surface area contributed by atoms with Crippen molar-refractivity contribution >= 4 is 33.5 Å². The first-order valence-electron chi connectivity index (χ1n) is 5.76. The molecule has 2 aromatic rings. The summed E-state index contributed by atoms with van der Waals surface area (Å²) in [6.07, 6.45) is 0. The zero-order chi connectivity index (χ0) is 17.0. The van der Waals surface area contributed by atoms with Crippen LogP contribution in [0.5, 0.6) is 5.75 Å². The van der Waals surface area contributed by atoms with Gasteiger partial charge in [0.15, 0.2) is 5.78 Å². The molecule has 1 aromatic carbocycles. The van der Waals surface area contributed by atoms with Gasteiger partial charge in [0.2, 0.25) is 5.75 Å². The van der Waals surface area contributed by atoms with Crippen molar-refractivity contribution in [1.29, 1.82) is 0 Å². The van der Waals surface area contributed by atoms with E-state index < -0.39 is 48.2 Å². The Balaban J connectivity index is 2.42. The zero-order valence-corrected chi connectivity index (χ0v) is 11.5. The van der Waals surface area contributed by atoms with Crippen LogP contribution < -0.4 is 0 Å². The minimum absolute atomic E-state index is 0.0615. The van der Waals surface area contributed by atoms with Gasteiger partial charge in [-0.05, 0) is 0 Å². The van der Waals surface area contributed by atoms with E-state index in [2.05, 4.69) is 0 Å². The Bertz CT molecular complexity index is 947. The van der Waals surface area contributed by atoms with Gasteiger partial charge in [0.05, 0.1) is 36.8 Å². The summed E-state index contributed by atoms with van der Waals surface area (Å²) in [5, 5.41) is 42.3. The molecule has 116 valence electrons. The molecule has 0 saturated carbocycles. The summed E-state index contributed by atoms with van der Waals surface area (Å²) in [6.45, 7) is 0. The van der Waals surface area contributed by atoms with Crippen LogP contribution in [0.2, 0.25) is 0 Å². The van der Waals surface area contributed by atoms with Crippen LogP contribution in [0.3, 0.4) is 0 Å². The third-order valence-electron chi connectivity index (χ3n) is 3.25. The number of aromatic hydroxyl groups is 1. The quantitative estimate of drug-likeness (QED) is 0.561. The third kappa shape index (κ3) is 1.85. The predicted molar refractivity (Wildman–Crippen MR) is 74.8 cm³/mol. The minimum atomic E-state index is -1.05. The fraction of sp³-hybridized carbons (Fsp3) is 0. The summed E-state index contributed by atoms with van der Waals surface area (Å²) in [4.78, 5) is 42.3. The van der Waals surface area contributed by atoms with Crippen LogP contribution in [0.15, 0.2) is 12.1 Å². The molecule has 23 heavy (non-hydrogen) atoms. The van der Waals surface area contributed by atoms with Crippen molar-refractivity contribution in [2.75, 3.05) is 0 Å². The van der Waals surface area contributed by atoms with Crippen molar-refractivity contribution in [2.45, 2.75) is 0 Å². The Morgan fingerprint density at radius 2 is 1.52 bits per heavy atom. The van der Waals surface area contributed by atoms with E-state index in [-0.39, 0.29) is 16.0 Å². The SMILES string of the molecule is O=C1c2cc([N+](=O)[O-])sc2-c2c([N+](=O)[O-])cc([N+](=O)[O-])c(O)c21. The van der Waals surface area contributed by atoms with Crippen molar-refractivity contribution < 1.29 is 24.7 Å². The number of benzene rings is 1. The van der Waals surface area contributed by atoms with Crippen LogP contribution in [-0.2, 0) is 0 Å². The molecule has 0 unspecified atom stereocenters. The maximum absolute atomic E-state index is 12.3. The molecular formula is C11H3N3O8S. The predicted octanol–water partition coefficient (Wildman–Crippen LogP) is 2.39. The summed E-state index contributed by atoms with van der Waals surface area (Å²) in [6, 6.07) is 1.46. The van der Waals surface area contributed by atoms with E-state index in [0.717, 1.165) is 6.07 Å². The fourth-order valence-corrected chi connectivity index (χ4v) is 3.37. The number of ketones is 1. The first-order valence-corrected chi connectivity index (χ1v) is 6.57. The molecule has 0 fully saturated rings. The van der Waals surface area contributed by atoms with Gasteiger partial charge >= 0.3 is 10.7 Å². The van der Waals surface area contributed by atoms with E-state index in [0.29, 0.717) is 17.4 Å². The molecule has 0 radical (unpaired) electrons. The first kappa shape index (κ1) is 14.5. The highest BCUT2D eigenvalue weighted by atomic mass is 32.1. The van der Waals surface area contributed by atoms with E-state index in [1.165, 1.54) is 0 Å². The molecule has 0 aliphatic heterocycles. The molecule has 1 aliphatic rings. The number of nitrogens with zero attached hydrogens (tertiary/aromatic N) is 3. The van der Waals surface area contributed by atoms with Gasteiger partial charge in [-0.25, -0.2) is 0 Å². The fourth-order valence-electron chi connectivity index (χ4n) is 2.34. The molecule has 0 bridgehead atoms. The van der Waals surface area contributed by atoms with Gasteiger partial charge < -0.3 is 5.11 Å². The highest BCUT2D eigenvalue weighted by Crippen LogP contribution is 2.53. The largest absolute Gasteiger partial charge is 0.502 e. The number of phenols is 1. The number of phenolic OH excluding ortho intramolecular Hbond substituents is 1. The van der Waals surface area contributed by atoms with Gasteiger partial charge in [0.25, 0.3) is 5.69 Å². The number of carbonyl (C=O) groups is 1. The number of fused-ring (bicyclic) bond motifs is 3. The van der Waals surface area contributed by atoms with Crippen molar-refractivity contribution in [2.24, 2.45) is 0 Å². The second kappa shape index (κ2) is 4.54. The average molecular weight is 337 g/mol. The number of carbonyl (C=O) groups excluding carboxylic acids is 1. The van der Waals surface area contributed by atoms with Crippen molar-refractivity contribution in [3.63, 3.8) is 0 Å². The van der Waals surface area contributed by atoms with E-state index in [9.17, 15) is 40.2 Å². The van der Waals surface area contributed by atoms with Crippen molar-refractivity contribution in [1.82, 2.24) is 0 Å². The lowest BCUT2D eigenvalue weighted by atomic mass is 10.0. The summed E-state index contributed by atoms with van der Waals surface area (Å²) >= 11 is 0.526. The van der Waals surface area contributed by atoms with E-state index in [4.69, 9.17) is 0 Å². The number of nitro benzene ring substituents is 2. The molecule has 0 amide bonds. The Kier molecular flexibility index (Phi) is 2.87. The molecular weight excluding hydrogens is 334 g/mol. The number of nitro groups is 3. The summed E-state index contributed by atoms with van der Waals surface area (Å²) in [7, 11) is 0. The van der Waals surface area contributed by atoms with Crippen LogP contribution in [0.1, 0.15) is 15.9 Å². The maximum Gasteiger partial charge on any atom is 0.325 e. The smallest absolute Gasteiger partial charge is 0.325 e. The summed E-state index contributed by atoms with van der Waals surface area (Å²) in [5.74, 6) is -1.92. The van der Waals surface area contributed by atoms with Gasteiger partial charge in [0, 0.05) is 11.6 Å². The lowest BCUT2D eigenvalue weighted by Gasteiger charge is -2.04. The topological polar surface area (TPSA) is 167 Å². The second-order valence-electron chi connectivity index (χ2n) is 4.44. The Morgan fingerprint density at radius 3 is 2.04 bits per heavy atom. The normalized spacial score (nSPS) is 11.9. The molecule has 3 rings (SSSR count). The Morgan fingerprint density at radius 1 is 0.913 bits per heavy atom. The van der Waals surface area contributed by atoms with Crippen LogP contribution in [0.25, 0.3) is 10.4 Å². The monoisotopic (exact) mass is 337 g/mol. The van der Waals surface area contributed by atoms with Crippen LogP contribution in [0, 0.1) is 30.3 Å². The molecule has 0 atom stereocenters. The molecule has 1 aromatic heterocycles. The lowest BCUT2D eigenvalue weighted by Crippen LogP contribution is -2.01. The molecule has 0 spiro atoms. The molecule has 1 N–H and O–H groups in total. The van der Waals surface area contributed by atoms with E-state index >= 15 is 0 Å². The van der Waals surface area contributed by atoms with Gasteiger partial charge in [-0.1, -0.05) is 11.3 Å². The third-order valence-corrected chi connectivity index (χ3v) is 4.35. The first-order chi connectivity index (χ1) is 10.7. The molecule has 12 heteroatoms. The van der Waals surface area contributed by atoms with Gasteiger partial charge in [0.1, 0.15) is 0 Å². The molecule has 1 aliphatic carbocycles. The number of hydrogen-bond donors (Lipinski definition) is 1. The molecule has 0 saturated heterocycles. The second-order valence-corrected chi connectivity index (χ2v) is 5.47. The van der Waals surface area contributed by atoms with Crippen molar-refractivity contribution in [3.8, 4) is 16.2 Å². The highest BCUT2D eigenvalue weighted by molar-refractivity contribution is 7.19. The van der Waals surface area contributed by atoms with E-state index in [1.807, 2.05) is 0 Å². The van der Waals surface area contributed by atoms with Crippen LogP contribution in [-0.4, -0.2) is 25.7 Å². The van der Waals surface area contributed by atoms with Gasteiger partial charge in [-0.15, -0.1) is 0 Å². The summed E-state index contributed by atoms with van der Waals surface area (Å²) in [5.41, 5.74) is -2.87. The van der Waals surface area contributed by atoms with E-state index in [1.54, 1.807) is 0 Å². The standard InChI is InChI=1S/C11H3N3O8S/c15-9-3-1-6(14(21)22)23-11(3)7-4(12(17)18)2-5(13(19)20)10(16)8(7)9/h1-2,16H. The summed E-state index contributed by atoms with van der Waals surface area (Å²) < 4.78 is 0. The number of hydrogen-bond acceptors (Lipinski definition) is 9. The number of thiophene rings is 1. The number of rotatable bonds is 3. The Hall–Kier alpha value is -3.41. The molecule has 1 heterocycles. The maximum atomic E-state index is 12.3. The van der Waals surface area contributed by atoms with Crippen molar-refractivity contribution in [3.05, 3.63) is 53.6 Å². The Labute approximate surface area is 128 Å².